The van der Waals surface area contributed by atoms with Crippen LogP contribution in [0.1, 0.15) is 21.5 Å². The zero-order chi connectivity index (χ0) is 14.9. The fraction of sp³-hybridized carbons (Fsp3) is 0.200. The molecule has 1 unspecified atom stereocenters. The van der Waals surface area contributed by atoms with Gasteiger partial charge in [0, 0.05) is 19.0 Å². The Hall–Kier alpha value is 0.160. The van der Waals surface area contributed by atoms with Gasteiger partial charge in [-0.25, -0.2) is 0 Å². The van der Waals surface area contributed by atoms with Gasteiger partial charge in [-0.15, -0.1) is 0 Å². The highest BCUT2D eigenvalue weighted by Gasteiger charge is 2.19. The Morgan fingerprint density at radius 1 is 0.950 bits per heavy atom. The minimum atomic E-state index is 0.0428. The Bertz CT molecular complexity index is 640. The molecular formula is C15H12Br4O. The number of halogens is 4. The molecule has 0 radical (unpaired) electrons. The van der Waals surface area contributed by atoms with E-state index < -0.39 is 0 Å². The lowest BCUT2D eigenvalue weighted by molar-refractivity contribution is 0.410. The van der Waals surface area contributed by atoms with E-state index in [1.165, 1.54) is 0 Å². The molecule has 0 amide bonds. The zero-order valence-electron chi connectivity index (χ0n) is 10.9. The summed E-state index contributed by atoms with van der Waals surface area (Å²) in [4.78, 5) is 0.0428. The Morgan fingerprint density at radius 3 is 2.30 bits per heavy atom. The van der Waals surface area contributed by atoms with Crippen LogP contribution in [0.25, 0.3) is 0 Å². The van der Waals surface area contributed by atoms with Crippen LogP contribution in [0.4, 0.5) is 0 Å². The van der Waals surface area contributed by atoms with Crippen molar-refractivity contribution in [1.29, 1.82) is 0 Å². The van der Waals surface area contributed by atoms with Gasteiger partial charge < -0.3 is 4.74 Å². The van der Waals surface area contributed by atoms with Crippen LogP contribution in [-0.2, 0) is 0 Å². The summed E-state index contributed by atoms with van der Waals surface area (Å²) in [5.41, 5.74) is 3.39. The van der Waals surface area contributed by atoms with Crippen molar-refractivity contribution in [2.75, 3.05) is 7.11 Å². The molecule has 2 aromatic rings. The summed E-state index contributed by atoms with van der Waals surface area (Å²) < 4.78 is 8.69. The van der Waals surface area contributed by atoms with E-state index in [9.17, 15) is 0 Å². The van der Waals surface area contributed by atoms with E-state index >= 15 is 0 Å². The Kier molecular flexibility index (Phi) is 5.74. The third kappa shape index (κ3) is 3.49. The Morgan fingerprint density at radius 2 is 1.65 bits per heavy atom. The van der Waals surface area contributed by atoms with Crippen LogP contribution >= 0.6 is 63.7 Å². The minimum absolute atomic E-state index is 0.0428. The Balaban J connectivity index is 2.55. The van der Waals surface area contributed by atoms with Crippen molar-refractivity contribution in [3.05, 3.63) is 60.4 Å². The van der Waals surface area contributed by atoms with E-state index in [4.69, 9.17) is 4.74 Å². The molecular weight excluding hydrogens is 516 g/mol. The second-order valence-electron chi connectivity index (χ2n) is 4.37. The molecule has 0 aliphatic carbocycles. The first kappa shape index (κ1) is 16.5. The SMILES string of the molecule is COc1cc(C)c(Br)cc1C(Br)c1cc(Br)ccc1Br. The molecule has 0 N–H and O–H groups in total. The topological polar surface area (TPSA) is 9.23 Å². The minimum Gasteiger partial charge on any atom is -0.496 e. The highest BCUT2D eigenvalue weighted by molar-refractivity contribution is 9.11. The van der Waals surface area contributed by atoms with Crippen molar-refractivity contribution >= 4 is 63.7 Å². The maximum atomic E-state index is 5.52. The average molecular weight is 528 g/mol. The molecule has 1 nitrogen and oxygen atoms in total. The van der Waals surface area contributed by atoms with Gasteiger partial charge in [-0.1, -0.05) is 63.7 Å². The molecule has 106 valence electrons. The van der Waals surface area contributed by atoms with Crippen molar-refractivity contribution in [2.45, 2.75) is 11.8 Å². The number of ether oxygens (including phenoxy) is 1. The number of alkyl halides is 1. The summed E-state index contributed by atoms with van der Waals surface area (Å²) >= 11 is 14.5. The molecule has 20 heavy (non-hydrogen) atoms. The number of hydrogen-bond acceptors (Lipinski definition) is 1. The van der Waals surface area contributed by atoms with Gasteiger partial charge in [-0.3, -0.25) is 0 Å². The first-order valence-electron chi connectivity index (χ1n) is 5.87. The smallest absolute Gasteiger partial charge is 0.123 e. The Labute approximate surface area is 152 Å². The van der Waals surface area contributed by atoms with E-state index in [2.05, 4.69) is 82.8 Å². The van der Waals surface area contributed by atoms with Crippen LogP contribution < -0.4 is 4.74 Å². The van der Waals surface area contributed by atoms with Crippen molar-refractivity contribution < 1.29 is 4.74 Å². The summed E-state index contributed by atoms with van der Waals surface area (Å²) in [5.74, 6) is 0.874. The predicted molar refractivity (Wildman–Crippen MR) is 98.0 cm³/mol. The summed E-state index contributed by atoms with van der Waals surface area (Å²) in [7, 11) is 1.70. The highest BCUT2D eigenvalue weighted by atomic mass is 79.9. The third-order valence-electron chi connectivity index (χ3n) is 3.02. The van der Waals surface area contributed by atoms with Crippen LogP contribution in [0, 0.1) is 6.92 Å². The number of rotatable bonds is 3. The fourth-order valence-electron chi connectivity index (χ4n) is 1.92. The van der Waals surface area contributed by atoms with Crippen LogP contribution in [0.15, 0.2) is 43.7 Å². The monoisotopic (exact) mass is 524 g/mol. The van der Waals surface area contributed by atoms with E-state index in [1.54, 1.807) is 7.11 Å². The van der Waals surface area contributed by atoms with E-state index in [0.717, 1.165) is 35.9 Å². The quantitative estimate of drug-likeness (QED) is 0.400. The van der Waals surface area contributed by atoms with E-state index in [-0.39, 0.29) is 4.83 Å². The molecule has 0 aromatic heterocycles. The van der Waals surface area contributed by atoms with Gasteiger partial charge in [-0.2, -0.15) is 0 Å². The summed E-state index contributed by atoms with van der Waals surface area (Å²) in [6.07, 6.45) is 0. The molecule has 0 saturated heterocycles. The second kappa shape index (κ2) is 6.95. The molecule has 0 spiro atoms. The number of methoxy groups -OCH3 is 1. The van der Waals surface area contributed by atoms with Crippen molar-refractivity contribution in [2.24, 2.45) is 0 Å². The molecule has 0 aliphatic heterocycles. The first-order chi connectivity index (χ1) is 9.43. The molecule has 0 bridgehead atoms. The number of benzene rings is 2. The largest absolute Gasteiger partial charge is 0.496 e. The highest BCUT2D eigenvalue weighted by Crippen LogP contribution is 2.42. The third-order valence-corrected chi connectivity index (χ3v) is 6.07. The lowest BCUT2D eigenvalue weighted by Crippen LogP contribution is -1.99. The van der Waals surface area contributed by atoms with Crippen LogP contribution in [0.2, 0.25) is 0 Å². The van der Waals surface area contributed by atoms with Crippen LogP contribution in [0.3, 0.4) is 0 Å². The molecule has 0 aliphatic rings. The molecule has 2 rings (SSSR count). The second-order valence-corrected chi connectivity index (χ2v) is 7.91. The van der Waals surface area contributed by atoms with Crippen LogP contribution in [-0.4, -0.2) is 7.11 Å². The maximum absolute atomic E-state index is 5.52. The van der Waals surface area contributed by atoms with Gasteiger partial charge in [0.2, 0.25) is 0 Å². The number of hydrogen-bond donors (Lipinski definition) is 0. The van der Waals surface area contributed by atoms with Gasteiger partial charge in [-0.05, 0) is 48.4 Å². The lowest BCUT2D eigenvalue weighted by atomic mass is 10.0. The normalized spacial score (nSPS) is 12.3. The first-order valence-corrected chi connectivity index (χ1v) is 9.16. The molecule has 0 fully saturated rings. The standard InChI is InChI=1S/C15H12Br4O/c1-8-5-14(20-2)11(7-13(8)18)15(19)10-6-9(16)3-4-12(10)17/h3-7,15H,1-2H3. The van der Waals surface area contributed by atoms with E-state index in [0.29, 0.717) is 0 Å². The summed E-state index contributed by atoms with van der Waals surface area (Å²) in [5, 5.41) is 0. The summed E-state index contributed by atoms with van der Waals surface area (Å²) in [6, 6.07) is 10.3. The molecule has 5 heteroatoms. The molecule has 0 heterocycles. The molecule has 2 aromatic carbocycles. The molecule has 1 atom stereocenters. The number of aryl methyl sites for hydroxylation is 1. The van der Waals surface area contributed by atoms with Crippen molar-refractivity contribution in [3.63, 3.8) is 0 Å². The van der Waals surface area contributed by atoms with Crippen LogP contribution in [0.5, 0.6) is 5.75 Å². The van der Waals surface area contributed by atoms with Gasteiger partial charge in [0.1, 0.15) is 5.75 Å². The zero-order valence-corrected chi connectivity index (χ0v) is 17.2. The molecule has 0 saturated carbocycles. The van der Waals surface area contributed by atoms with Gasteiger partial charge in [0.05, 0.1) is 11.9 Å². The average Bonchev–Trinajstić information content (AvgIpc) is 2.43. The predicted octanol–water partition coefficient (Wildman–Crippen LogP) is 6.78. The van der Waals surface area contributed by atoms with Gasteiger partial charge >= 0.3 is 0 Å². The summed E-state index contributed by atoms with van der Waals surface area (Å²) in [6.45, 7) is 2.05. The van der Waals surface area contributed by atoms with Gasteiger partial charge in [0.25, 0.3) is 0 Å². The van der Waals surface area contributed by atoms with E-state index in [1.807, 2.05) is 18.2 Å². The lowest BCUT2D eigenvalue weighted by Gasteiger charge is -2.18. The van der Waals surface area contributed by atoms with Gasteiger partial charge in [0.15, 0.2) is 0 Å². The maximum Gasteiger partial charge on any atom is 0.123 e. The van der Waals surface area contributed by atoms with Crippen molar-refractivity contribution in [1.82, 2.24) is 0 Å². The van der Waals surface area contributed by atoms with Crippen molar-refractivity contribution in [3.8, 4) is 5.75 Å². The fourth-order valence-corrected chi connectivity index (χ4v) is 4.18.